The van der Waals surface area contributed by atoms with Gasteiger partial charge in [0.15, 0.2) is 5.96 Å². The Morgan fingerprint density at radius 2 is 2.00 bits per heavy atom. The fraction of sp³-hybridized carbons (Fsp3) is 0.619. The van der Waals surface area contributed by atoms with Crippen LogP contribution in [0, 0.1) is 11.3 Å². The van der Waals surface area contributed by atoms with Crippen molar-refractivity contribution in [2.24, 2.45) is 16.3 Å². The van der Waals surface area contributed by atoms with E-state index in [1.165, 1.54) is 25.7 Å². The van der Waals surface area contributed by atoms with Crippen molar-refractivity contribution in [3.05, 3.63) is 29.8 Å². The van der Waals surface area contributed by atoms with Gasteiger partial charge in [-0.2, -0.15) is 0 Å². The van der Waals surface area contributed by atoms with Crippen LogP contribution in [0.4, 0.5) is 5.69 Å². The van der Waals surface area contributed by atoms with E-state index in [4.69, 9.17) is 0 Å². The summed E-state index contributed by atoms with van der Waals surface area (Å²) >= 11 is 0. The molecule has 1 aliphatic carbocycles. The number of carbonyl (C=O) groups is 1. The molecule has 0 bridgehead atoms. The Balaban J connectivity index is 0.00000364. The molecule has 3 N–H and O–H groups in total. The Hall–Kier alpha value is -1.31. The average Bonchev–Trinajstić information content (AvgIpc) is 2.63. The van der Waals surface area contributed by atoms with E-state index >= 15 is 0 Å². The first-order valence-corrected chi connectivity index (χ1v) is 9.86. The van der Waals surface area contributed by atoms with Gasteiger partial charge in [-0.15, -0.1) is 24.0 Å². The summed E-state index contributed by atoms with van der Waals surface area (Å²) in [5, 5.41) is 9.83. The highest BCUT2D eigenvalue weighted by molar-refractivity contribution is 14.0. The van der Waals surface area contributed by atoms with Crippen molar-refractivity contribution in [2.75, 3.05) is 18.9 Å². The van der Waals surface area contributed by atoms with Crippen LogP contribution in [0.25, 0.3) is 0 Å². The van der Waals surface area contributed by atoms with E-state index in [2.05, 4.69) is 33.9 Å². The van der Waals surface area contributed by atoms with Gasteiger partial charge in [-0.05, 0) is 48.8 Å². The minimum absolute atomic E-state index is 0. The van der Waals surface area contributed by atoms with Gasteiger partial charge >= 0.3 is 0 Å². The summed E-state index contributed by atoms with van der Waals surface area (Å²) < 4.78 is 0. The summed E-state index contributed by atoms with van der Waals surface area (Å²) in [6, 6.07) is 7.97. The van der Waals surface area contributed by atoms with Gasteiger partial charge in [0.1, 0.15) is 0 Å². The molecule has 27 heavy (non-hydrogen) atoms. The number of benzene rings is 1. The maximum absolute atomic E-state index is 12.1. The van der Waals surface area contributed by atoms with Crippen molar-refractivity contribution in [1.82, 2.24) is 10.6 Å². The van der Waals surface area contributed by atoms with Crippen molar-refractivity contribution in [3.8, 4) is 0 Å². The normalized spacial score (nSPS) is 16.5. The number of anilines is 1. The highest BCUT2D eigenvalue weighted by Crippen LogP contribution is 2.42. The zero-order valence-electron chi connectivity index (χ0n) is 17.1. The summed E-state index contributed by atoms with van der Waals surface area (Å²) in [5.41, 5.74) is 2.42. The molecule has 0 heterocycles. The number of aliphatic imine (C=N–C) groups is 1. The SMILES string of the molecule is CCC(C)C(=O)Nc1cccc(CNC(=NC)NCC2(CC)CCC2)c1.I. The fourth-order valence-electron chi connectivity index (χ4n) is 3.22. The van der Waals surface area contributed by atoms with Gasteiger partial charge in [-0.1, -0.05) is 39.3 Å². The Morgan fingerprint density at radius 1 is 1.26 bits per heavy atom. The van der Waals surface area contributed by atoms with E-state index in [-0.39, 0.29) is 35.8 Å². The number of nitrogens with zero attached hydrogens (tertiary/aromatic N) is 1. The molecule has 1 atom stereocenters. The number of halogens is 1. The van der Waals surface area contributed by atoms with Crippen LogP contribution < -0.4 is 16.0 Å². The van der Waals surface area contributed by atoms with Crippen molar-refractivity contribution in [1.29, 1.82) is 0 Å². The maximum Gasteiger partial charge on any atom is 0.227 e. The lowest BCUT2D eigenvalue weighted by atomic mass is 9.67. The molecule has 0 spiro atoms. The number of rotatable bonds is 8. The molecule has 2 rings (SSSR count). The molecular formula is C21H35IN4O. The first kappa shape index (κ1) is 23.7. The maximum atomic E-state index is 12.1. The van der Waals surface area contributed by atoms with Gasteiger partial charge in [0.05, 0.1) is 0 Å². The first-order valence-electron chi connectivity index (χ1n) is 9.86. The number of guanidine groups is 1. The minimum atomic E-state index is 0. The van der Waals surface area contributed by atoms with Gasteiger partial charge in [0, 0.05) is 31.7 Å². The summed E-state index contributed by atoms with van der Waals surface area (Å²) in [4.78, 5) is 16.4. The largest absolute Gasteiger partial charge is 0.356 e. The Labute approximate surface area is 181 Å². The summed E-state index contributed by atoms with van der Waals surface area (Å²) in [5.74, 6) is 0.927. The van der Waals surface area contributed by atoms with Crippen molar-refractivity contribution >= 4 is 41.5 Å². The molecule has 1 fully saturated rings. The lowest BCUT2D eigenvalue weighted by molar-refractivity contribution is -0.119. The molecule has 0 aromatic heterocycles. The summed E-state index contributed by atoms with van der Waals surface area (Å²) in [6.45, 7) is 7.90. The molecule has 1 aromatic carbocycles. The van der Waals surface area contributed by atoms with Crippen molar-refractivity contribution in [3.63, 3.8) is 0 Å². The summed E-state index contributed by atoms with van der Waals surface area (Å²) in [6.07, 6.45) is 6.02. The van der Waals surface area contributed by atoms with E-state index in [0.717, 1.165) is 30.2 Å². The topological polar surface area (TPSA) is 65.5 Å². The number of hydrogen-bond donors (Lipinski definition) is 3. The molecule has 0 saturated heterocycles. The fourth-order valence-corrected chi connectivity index (χ4v) is 3.22. The van der Waals surface area contributed by atoms with Gasteiger partial charge in [0.25, 0.3) is 0 Å². The molecule has 152 valence electrons. The molecule has 1 saturated carbocycles. The van der Waals surface area contributed by atoms with E-state index in [9.17, 15) is 4.79 Å². The Kier molecular flexibility index (Phi) is 10.1. The molecule has 0 radical (unpaired) electrons. The van der Waals surface area contributed by atoms with Crippen LogP contribution >= 0.6 is 24.0 Å². The third kappa shape index (κ3) is 6.97. The molecular weight excluding hydrogens is 451 g/mol. The van der Waals surface area contributed by atoms with Crippen LogP contribution in [-0.4, -0.2) is 25.5 Å². The zero-order chi connectivity index (χ0) is 19.0. The standard InChI is InChI=1S/C21H34N4O.HI/c1-5-16(3)19(26)25-18-10-7-9-17(13-18)14-23-20(22-4)24-15-21(6-2)11-8-12-21;/h7,9-10,13,16H,5-6,8,11-12,14-15H2,1-4H3,(H,25,26)(H2,22,23,24);1H. The van der Waals surface area contributed by atoms with E-state index < -0.39 is 0 Å². The minimum Gasteiger partial charge on any atom is -0.356 e. The lowest BCUT2D eigenvalue weighted by Crippen LogP contribution is -2.46. The number of amides is 1. The van der Waals surface area contributed by atoms with Crippen LogP contribution in [-0.2, 0) is 11.3 Å². The molecule has 1 aromatic rings. The predicted octanol–water partition coefficient (Wildman–Crippen LogP) is 4.53. The molecule has 6 heteroatoms. The lowest BCUT2D eigenvalue weighted by Gasteiger charge is -2.41. The number of hydrogen-bond acceptors (Lipinski definition) is 2. The van der Waals surface area contributed by atoms with Crippen LogP contribution in [0.3, 0.4) is 0 Å². The van der Waals surface area contributed by atoms with E-state index in [1.54, 1.807) is 7.05 Å². The zero-order valence-corrected chi connectivity index (χ0v) is 19.4. The Morgan fingerprint density at radius 3 is 2.56 bits per heavy atom. The first-order chi connectivity index (χ1) is 12.5. The van der Waals surface area contributed by atoms with Crippen LogP contribution in [0.1, 0.15) is 58.4 Å². The van der Waals surface area contributed by atoms with Crippen LogP contribution in [0.15, 0.2) is 29.3 Å². The monoisotopic (exact) mass is 486 g/mol. The third-order valence-electron chi connectivity index (χ3n) is 5.73. The van der Waals surface area contributed by atoms with Crippen LogP contribution in [0.2, 0.25) is 0 Å². The summed E-state index contributed by atoms with van der Waals surface area (Å²) in [7, 11) is 1.80. The molecule has 1 amide bonds. The predicted molar refractivity (Wildman–Crippen MR) is 125 cm³/mol. The van der Waals surface area contributed by atoms with E-state index in [0.29, 0.717) is 12.0 Å². The van der Waals surface area contributed by atoms with Crippen molar-refractivity contribution < 1.29 is 4.79 Å². The van der Waals surface area contributed by atoms with Gasteiger partial charge in [-0.3, -0.25) is 9.79 Å². The van der Waals surface area contributed by atoms with Gasteiger partial charge in [-0.25, -0.2) is 0 Å². The number of carbonyl (C=O) groups excluding carboxylic acids is 1. The molecule has 1 aliphatic rings. The molecule has 0 aliphatic heterocycles. The van der Waals surface area contributed by atoms with Crippen LogP contribution in [0.5, 0.6) is 0 Å². The third-order valence-corrected chi connectivity index (χ3v) is 5.73. The highest BCUT2D eigenvalue weighted by Gasteiger charge is 2.34. The number of nitrogens with one attached hydrogen (secondary N) is 3. The molecule has 5 nitrogen and oxygen atoms in total. The Bertz CT molecular complexity index is 623. The highest BCUT2D eigenvalue weighted by atomic mass is 127. The second kappa shape index (κ2) is 11.5. The van der Waals surface area contributed by atoms with Crippen molar-refractivity contribution in [2.45, 2.75) is 59.4 Å². The second-order valence-corrected chi connectivity index (χ2v) is 7.49. The van der Waals surface area contributed by atoms with Gasteiger partial charge < -0.3 is 16.0 Å². The molecule has 1 unspecified atom stereocenters. The van der Waals surface area contributed by atoms with E-state index in [1.807, 2.05) is 32.0 Å². The van der Waals surface area contributed by atoms with Gasteiger partial charge in [0.2, 0.25) is 5.91 Å². The average molecular weight is 486 g/mol. The second-order valence-electron chi connectivity index (χ2n) is 7.49. The smallest absolute Gasteiger partial charge is 0.227 e. The quantitative estimate of drug-likeness (QED) is 0.287.